The van der Waals surface area contributed by atoms with Crippen LogP contribution in [0.1, 0.15) is 34.7 Å². The minimum atomic E-state index is -0.778. The lowest BCUT2D eigenvalue weighted by Crippen LogP contribution is -2.46. The maximum atomic E-state index is 5.67. The number of rotatable bonds is 8. The van der Waals surface area contributed by atoms with Crippen LogP contribution in [0.3, 0.4) is 0 Å². The predicted octanol–water partition coefficient (Wildman–Crippen LogP) is 6.93. The number of imidazole rings is 1. The highest BCUT2D eigenvalue weighted by atomic mass is 28.2. The molecule has 0 atom stereocenters. The zero-order valence-corrected chi connectivity index (χ0v) is 25.5. The van der Waals surface area contributed by atoms with Crippen LogP contribution in [-0.4, -0.2) is 26.9 Å². The molecule has 4 heteroatoms. The van der Waals surface area contributed by atoms with Crippen molar-refractivity contribution in [2.45, 2.75) is 18.5 Å². The van der Waals surface area contributed by atoms with Crippen LogP contribution in [0.4, 0.5) is 0 Å². The first-order valence-electron chi connectivity index (χ1n) is 14.4. The van der Waals surface area contributed by atoms with E-state index in [0.717, 1.165) is 23.1 Å². The lowest BCUT2D eigenvalue weighted by atomic mass is 9.92. The van der Waals surface area contributed by atoms with E-state index in [9.17, 15) is 0 Å². The van der Waals surface area contributed by atoms with Crippen LogP contribution in [0.25, 0.3) is 5.57 Å². The van der Waals surface area contributed by atoms with E-state index < -0.39 is 9.52 Å². The van der Waals surface area contributed by atoms with Gasteiger partial charge in [-0.2, -0.15) is 0 Å². The Balaban J connectivity index is 0.000000199. The maximum Gasteiger partial charge on any atom is 0.103 e. The minimum absolute atomic E-state index is 0.203. The van der Waals surface area contributed by atoms with Crippen molar-refractivity contribution in [1.82, 2.24) is 9.55 Å². The summed E-state index contributed by atoms with van der Waals surface area (Å²) in [5, 5.41) is 1.27. The van der Waals surface area contributed by atoms with Crippen LogP contribution in [0, 0.1) is 0 Å². The largest absolute Gasteiger partial charge is 0.326 e. The van der Waals surface area contributed by atoms with E-state index in [1.807, 2.05) is 48.9 Å². The van der Waals surface area contributed by atoms with Gasteiger partial charge in [0.1, 0.15) is 7.85 Å². The van der Waals surface area contributed by atoms with Gasteiger partial charge < -0.3 is 4.57 Å². The molecule has 6 rings (SSSR count). The van der Waals surface area contributed by atoms with Crippen molar-refractivity contribution >= 4 is 28.1 Å². The van der Waals surface area contributed by atoms with Gasteiger partial charge in [0.2, 0.25) is 0 Å². The lowest BCUT2D eigenvalue weighted by molar-refractivity contribution is 0.596. The maximum absolute atomic E-state index is 5.67. The minimum Gasteiger partial charge on any atom is -0.326 e. The molecule has 0 saturated heterocycles. The molecular formula is C38H35BN2Si. The Kier molecular flexibility index (Phi) is 9.82. The second-order valence-corrected chi connectivity index (χ2v) is 12.4. The summed E-state index contributed by atoms with van der Waals surface area (Å²) in [7, 11) is 4.90. The fourth-order valence-electron chi connectivity index (χ4n) is 5.52. The van der Waals surface area contributed by atoms with E-state index in [2.05, 4.69) is 132 Å². The van der Waals surface area contributed by atoms with E-state index >= 15 is 0 Å². The van der Waals surface area contributed by atoms with Crippen molar-refractivity contribution in [3.63, 3.8) is 0 Å². The molecule has 0 bridgehead atoms. The average molecular weight is 559 g/mol. The molecule has 204 valence electrons. The number of hydrogen-bond acceptors (Lipinski definition) is 1. The standard InChI is InChI=1S/C24H24N2Si.C14H11B/c1-2-20-10-9-15-23(18-20)27-24(26-17-16-25-19-26,21-11-5-3-6-12-21)22-13-7-4-8-14-22;15-11-14(12-7-3-1-4-8-12)13-9-5-2-6-10-13/h3-19H,2,27H2,1H3;1-11H. The molecule has 0 aliphatic heterocycles. The van der Waals surface area contributed by atoms with Crippen molar-refractivity contribution < 1.29 is 0 Å². The average Bonchev–Trinajstić information content (AvgIpc) is 3.62. The van der Waals surface area contributed by atoms with Gasteiger partial charge in [-0.25, -0.2) is 4.98 Å². The molecular weight excluding hydrogens is 523 g/mol. The van der Waals surface area contributed by atoms with E-state index in [4.69, 9.17) is 7.85 Å². The molecule has 0 fully saturated rings. The molecule has 2 nitrogen and oxygen atoms in total. The smallest absolute Gasteiger partial charge is 0.103 e. The van der Waals surface area contributed by atoms with Crippen LogP contribution < -0.4 is 5.19 Å². The van der Waals surface area contributed by atoms with Crippen LogP contribution in [0.15, 0.2) is 170 Å². The number of benzene rings is 5. The SMILES string of the molecule is CCc1cccc([SiH2]C(c2ccccc2)(c2ccccc2)n2ccnc2)c1.[B]C=C(c1ccccc1)c1ccccc1. The monoisotopic (exact) mass is 558 g/mol. The quantitative estimate of drug-likeness (QED) is 0.185. The van der Waals surface area contributed by atoms with Crippen LogP contribution in [0.5, 0.6) is 0 Å². The third-order valence-electron chi connectivity index (χ3n) is 7.64. The molecule has 2 radical (unpaired) electrons. The first-order chi connectivity index (χ1) is 20.7. The van der Waals surface area contributed by atoms with Crippen molar-refractivity contribution in [3.05, 3.63) is 198 Å². The van der Waals surface area contributed by atoms with Gasteiger partial charge in [0.05, 0.1) is 21.0 Å². The van der Waals surface area contributed by atoms with E-state index in [-0.39, 0.29) is 5.16 Å². The number of aryl methyl sites for hydroxylation is 1. The summed E-state index contributed by atoms with van der Waals surface area (Å²) in [4.78, 5) is 4.40. The molecule has 6 aromatic rings. The van der Waals surface area contributed by atoms with Gasteiger partial charge >= 0.3 is 0 Å². The van der Waals surface area contributed by atoms with Gasteiger partial charge in [-0.1, -0.05) is 158 Å². The van der Waals surface area contributed by atoms with Crippen LogP contribution in [-0.2, 0) is 11.6 Å². The third kappa shape index (κ3) is 6.62. The summed E-state index contributed by atoms with van der Waals surface area (Å²) in [6.07, 6.45) is 7.03. The van der Waals surface area contributed by atoms with Crippen molar-refractivity contribution in [3.8, 4) is 0 Å². The van der Waals surface area contributed by atoms with Crippen LogP contribution >= 0.6 is 0 Å². The molecule has 42 heavy (non-hydrogen) atoms. The van der Waals surface area contributed by atoms with Crippen molar-refractivity contribution in [2.75, 3.05) is 0 Å². The summed E-state index contributed by atoms with van der Waals surface area (Å²) < 4.78 is 2.31. The first kappa shape index (κ1) is 28.8. The van der Waals surface area contributed by atoms with Crippen molar-refractivity contribution in [2.24, 2.45) is 0 Å². The molecule has 0 N–H and O–H groups in total. The topological polar surface area (TPSA) is 17.8 Å². The summed E-state index contributed by atoms with van der Waals surface area (Å²) in [6.45, 7) is 2.22. The van der Waals surface area contributed by atoms with Gasteiger partial charge in [0, 0.05) is 12.4 Å². The molecule has 0 unspecified atom stereocenters. The second kappa shape index (κ2) is 14.3. The van der Waals surface area contributed by atoms with Gasteiger partial charge in [-0.15, -0.1) is 5.98 Å². The first-order valence-corrected chi connectivity index (χ1v) is 15.9. The highest BCUT2D eigenvalue weighted by Gasteiger charge is 2.36. The Morgan fingerprint density at radius 2 is 1.24 bits per heavy atom. The Morgan fingerprint density at radius 1 is 0.714 bits per heavy atom. The normalized spacial score (nSPS) is 11.1. The molecule has 1 heterocycles. The van der Waals surface area contributed by atoms with Gasteiger partial charge in [0.15, 0.2) is 0 Å². The zero-order valence-electron chi connectivity index (χ0n) is 24.1. The second-order valence-electron chi connectivity index (χ2n) is 10.2. The molecule has 5 aromatic carbocycles. The zero-order chi connectivity index (χ0) is 29.0. The number of nitrogens with zero attached hydrogens (tertiary/aromatic N) is 2. The van der Waals surface area contributed by atoms with Gasteiger partial charge in [0.25, 0.3) is 0 Å². The molecule has 0 aliphatic carbocycles. The molecule has 1 aromatic heterocycles. The van der Waals surface area contributed by atoms with Crippen molar-refractivity contribution in [1.29, 1.82) is 0 Å². The number of hydrogen-bond donors (Lipinski definition) is 0. The fraction of sp³-hybridized carbons (Fsp3) is 0.0789. The van der Waals surface area contributed by atoms with E-state index in [0.29, 0.717) is 0 Å². The molecule has 0 aliphatic rings. The highest BCUT2D eigenvalue weighted by molar-refractivity contribution is 6.57. The van der Waals surface area contributed by atoms with Crippen LogP contribution in [0.2, 0.25) is 0 Å². The predicted molar refractivity (Wildman–Crippen MR) is 181 cm³/mol. The molecule has 0 spiro atoms. The summed E-state index contributed by atoms with van der Waals surface area (Å²) in [5.74, 6) is 1.66. The Labute approximate surface area is 253 Å². The van der Waals surface area contributed by atoms with E-state index in [1.54, 1.807) is 5.98 Å². The third-order valence-corrected chi connectivity index (χ3v) is 10.2. The van der Waals surface area contributed by atoms with E-state index in [1.165, 1.54) is 21.9 Å². The lowest BCUT2D eigenvalue weighted by Gasteiger charge is -2.37. The fourth-order valence-corrected chi connectivity index (χ4v) is 7.98. The summed E-state index contributed by atoms with van der Waals surface area (Å²) in [6, 6.07) is 51.2. The van der Waals surface area contributed by atoms with Gasteiger partial charge in [-0.05, 0) is 39.8 Å². The molecule has 0 amide bonds. The summed E-state index contributed by atoms with van der Waals surface area (Å²) in [5.41, 5.74) is 7.40. The molecule has 0 saturated carbocycles. The Hall–Kier alpha value is -4.67. The summed E-state index contributed by atoms with van der Waals surface area (Å²) >= 11 is 0. The van der Waals surface area contributed by atoms with Gasteiger partial charge in [-0.3, -0.25) is 0 Å². The number of aromatic nitrogens is 2. The highest BCUT2D eigenvalue weighted by Crippen LogP contribution is 2.33. The Bertz CT molecular complexity index is 1590. The Morgan fingerprint density at radius 3 is 1.69 bits per heavy atom.